The standard InChI is InChI=1S/C23H30N4O2/c1-17-8-10-20(11-9-17)25-22(28)16-26-12-14-27(15-13-26)23(29)24-19(3)21-7-5-4-6-18(21)2/h4-11,19H,12-16H2,1-3H3,(H,24,29)(H,25,28)/t19-/m0/s1. The second-order valence-corrected chi connectivity index (χ2v) is 7.71. The van der Waals surface area contributed by atoms with E-state index >= 15 is 0 Å². The highest BCUT2D eigenvalue weighted by atomic mass is 16.2. The molecule has 1 heterocycles. The molecule has 3 amide bonds. The van der Waals surface area contributed by atoms with Gasteiger partial charge in [0.05, 0.1) is 12.6 Å². The van der Waals surface area contributed by atoms with Gasteiger partial charge >= 0.3 is 6.03 Å². The summed E-state index contributed by atoms with van der Waals surface area (Å²) in [4.78, 5) is 28.8. The van der Waals surface area contributed by atoms with E-state index in [1.54, 1.807) is 0 Å². The van der Waals surface area contributed by atoms with Gasteiger partial charge in [-0.3, -0.25) is 9.69 Å². The lowest BCUT2D eigenvalue weighted by Gasteiger charge is -2.35. The van der Waals surface area contributed by atoms with Gasteiger partial charge in [0.25, 0.3) is 0 Å². The number of carbonyl (C=O) groups excluding carboxylic acids is 2. The number of rotatable bonds is 5. The zero-order chi connectivity index (χ0) is 20.8. The van der Waals surface area contributed by atoms with Crippen LogP contribution in [0.25, 0.3) is 0 Å². The predicted molar refractivity (Wildman–Crippen MR) is 116 cm³/mol. The molecule has 2 aromatic carbocycles. The molecular formula is C23H30N4O2. The molecule has 2 aromatic rings. The first-order chi connectivity index (χ1) is 13.9. The van der Waals surface area contributed by atoms with Gasteiger partial charge in [0.15, 0.2) is 0 Å². The maximum atomic E-state index is 12.6. The zero-order valence-electron chi connectivity index (χ0n) is 17.4. The molecule has 0 bridgehead atoms. The molecule has 0 radical (unpaired) electrons. The highest BCUT2D eigenvalue weighted by molar-refractivity contribution is 5.92. The molecule has 0 spiro atoms. The average Bonchev–Trinajstić information content (AvgIpc) is 2.70. The number of hydrogen-bond donors (Lipinski definition) is 2. The summed E-state index contributed by atoms with van der Waals surface area (Å²) >= 11 is 0. The molecule has 3 rings (SSSR count). The fraction of sp³-hybridized carbons (Fsp3) is 0.391. The van der Waals surface area contributed by atoms with Crippen LogP contribution >= 0.6 is 0 Å². The smallest absolute Gasteiger partial charge is 0.317 e. The molecule has 1 atom stereocenters. The molecule has 1 fully saturated rings. The van der Waals surface area contributed by atoms with Gasteiger partial charge in [0, 0.05) is 31.9 Å². The van der Waals surface area contributed by atoms with E-state index in [0.29, 0.717) is 32.7 Å². The first-order valence-electron chi connectivity index (χ1n) is 10.1. The lowest BCUT2D eigenvalue weighted by molar-refractivity contribution is -0.117. The van der Waals surface area contributed by atoms with Crippen molar-refractivity contribution in [1.29, 1.82) is 0 Å². The van der Waals surface area contributed by atoms with E-state index in [4.69, 9.17) is 0 Å². The number of hydrogen-bond acceptors (Lipinski definition) is 3. The molecular weight excluding hydrogens is 364 g/mol. The summed E-state index contributed by atoms with van der Waals surface area (Å²) in [6, 6.07) is 15.8. The first-order valence-corrected chi connectivity index (χ1v) is 10.1. The quantitative estimate of drug-likeness (QED) is 0.818. The van der Waals surface area contributed by atoms with Crippen LogP contribution in [0.15, 0.2) is 48.5 Å². The summed E-state index contributed by atoms with van der Waals surface area (Å²) < 4.78 is 0. The minimum atomic E-state index is -0.0514. The van der Waals surface area contributed by atoms with Gasteiger partial charge in [-0.2, -0.15) is 0 Å². The number of benzene rings is 2. The van der Waals surface area contributed by atoms with Crippen molar-refractivity contribution in [2.75, 3.05) is 38.0 Å². The summed E-state index contributed by atoms with van der Waals surface area (Å²) in [5.41, 5.74) is 4.27. The van der Waals surface area contributed by atoms with Crippen molar-refractivity contribution >= 4 is 17.6 Å². The second-order valence-electron chi connectivity index (χ2n) is 7.71. The maximum Gasteiger partial charge on any atom is 0.317 e. The van der Waals surface area contributed by atoms with Gasteiger partial charge in [-0.1, -0.05) is 42.0 Å². The van der Waals surface area contributed by atoms with E-state index in [-0.39, 0.29) is 18.0 Å². The number of piperazine rings is 1. The Morgan fingerprint density at radius 2 is 1.62 bits per heavy atom. The minimum absolute atomic E-state index is 0.0278. The monoisotopic (exact) mass is 394 g/mol. The lowest BCUT2D eigenvalue weighted by Crippen LogP contribution is -2.53. The molecule has 1 aliphatic heterocycles. The van der Waals surface area contributed by atoms with Crippen molar-refractivity contribution in [3.63, 3.8) is 0 Å². The van der Waals surface area contributed by atoms with Crippen molar-refractivity contribution < 1.29 is 9.59 Å². The Bertz CT molecular complexity index is 842. The summed E-state index contributed by atoms with van der Waals surface area (Å²) in [6.07, 6.45) is 0. The Hall–Kier alpha value is -2.86. The van der Waals surface area contributed by atoms with Gasteiger partial charge in [0.2, 0.25) is 5.91 Å². The highest BCUT2D eigenvalue weighted by Gasteiger charge is 2.23. The molecule has 2 N–H and O–H groups in total. The van der Waals surface area contributed by atoms with Crippen LogP contribution in [-0.4, -0.2) is 54.5 Å². The Morgan fingerprint density at radius 1 is 0.966 bits per heavy atom. The number of aryl methyl sites for hydroxylation is 2. The summed E-state index contributed by atoms with van der Waals surface area (Å²) in [7, 11) is 0. The van der Waals surface area contributed by atoms with Crippen LogP contribution in [-0.2, 0) is 4.79 Å². The van der Waals surface area contributed by atoms with Crippen LogP contribution in [0.4, 0.5) is 10.5 Å². The molecule has 0 unspecified atom stereocenters. The average molecular weight is 395 g/mol. The molecule has 29 heavy (non-hydrogen) atoms. The summed E-state index contributed by atoms with van der Waals surface area (Å²) in [5, 5.41) is 6.02. The van der Waals surface area contributed by atoms with Crippen molar-refractivity contribution in [1.82, 2.24) is 15.1 Å². The minimum Gasteiger partial charge on any atom is -0.331 e. The number of carbonyl (C=O) groups is 2. The largest absolute Gasteiger partial charge is 0.331 e. The third-order valence-electron chi connectivity index (χ3n) is 5.36. The third-order valence-corrected chi connectivity index (χ3v) is 5.36. The van der Waals surface area contributed by atoms with Crippen LogP contribution < -0.4 is 10.6 Å². The predicted octanol–water partition coefficient (Wildman–Crippen LogP) is 3.33. The third kappa shape index (κ3) is 5.81. The van der Waals surface area contributed by atoms with Gasteiger partial charge in [-0.05, 0) is 44.0 Å². The second kappa shape index (κ2) is 9.56. The van der Waals surface area contributed by atoms with E-state index in [2.05, 4.69) is 28.5 Å². The Labute approximate surface area is 172 Å². The lowest BCUT2D eigenvalue weighted by atomic mass is 10.0. The zero-order valence-corrected chi connectivity index (χ0v) is 17.4. The van der Waals surface area contributed by atoms with E-state index in [1.807, 2.05) is 61.2 Å². The topological polar surface area (TPSA) is 64.7 Å². The molecule has 0 saturated carbocycles. The Morgan fingerprint density at radius 3 is 2.28 bits per heavy atom. The Balaban J connectivity index is 1.43. The van der Waals surface area contributed by atoms with E-state index in [9.17, 15) is 9.59 Å². The van der Waals surface area contributed by atoms with Crippen LogP contribution in [0.5, 0.6) is 0 Å². The summed E-state index contributed by atoms with van der Waals surface area (Å²) in [5.74, 6) is -0.0278. The molecule has 1 saturated heterocycles. The first kappa shape index (κ1) is 20.9. The highest BCUT2D eigenvalue weighted by Crippen LogP contribution is 2.17. The van der Waals surface area contributed by atoms with Crippen molar-refractivity contribution in [3.05, 3.63) is 65.2 Å². The molecule has 6 nitrogen and oxygen atoms in total. The fourth-order valence-corrected chi connectivity index (χ4v) is 3.58. The van der Waals surface area contributed by atoms with Crippen LogP contribution in [0.3, 0.4) is 0 Å². The Kier molecular flexibility index (Phi) is 6.88. The summed E-state index contributed by atoms with van der Waals surface area (Å²) in [6.45, 7) is 9.02. The normalized spacial score (nSPS) is 15.6. The molecule has 0 aromatic heterocycles. The van der Waals surface area contributed by atoms with Gasteiger partial charge in [0.1, 0.15) is 0 Å². The number of nitrogens with one attached hydrogen (secondary N) is 2. The van der Waals surface area contributed by atoms with E-state index in [1.165, 1.54) is 5.56 Å². The van der Waals surface area contributed by atoms with Crippen molar-refractivity contribution in [2.24, 2.45) is 0 Å². The van der Waals surface area contributed by atoms with E-state index in [0.717, 1.165) is 16.8 Å². The number of anilines is 1. The maximum absolute atomic E-state index is 12.6. The number of amides is 3. The van der Waals surface area contributed by atoms with Crippen LogP contribution in [0, 0.1) is 13.8 Å². The van der Waals surface area contributed by atoms with Crippen LogP contribution in [0.1, 0.15) is 29.7 Å². The van der Waals surface area contributed by atoms with Gasteiger partial charge in [-0.25, -0.2) is 4.79 Å². The molecule has 1 aliphatic rings. The van der Waals surface area contributed by atoms with Crippen molar-refractivity contribution in [3.8, 4) is 0 Å². The fourth-order valence-electron chi connectivity index (χ4n) is 3.58. The molecule has 154 valence electrons. The van der Waals surface area contributed by atoms with Crippen LogP contribution in [0.2, 0.25) is 0 Å². The number of nitrogens with zero attached hydrogens (tertiary/aromatic N) is 2. The molecule has 0 aliphatic carbocycles. The van der Waals surface area contributed by atoms with Gasteiger partial charge < -0.3 is 15.5 Å². The molecule has 6 heteroatoms. The van der Waals surface area contributed by atoms with E-state index < -0.39 is 0 Å². The van der Waals surface area contributed by atoms with Crippen molar-refractivity contribution in [2.45, 2.75) is 26.8 Å². The number of urea groups is 1. The van der Waals surface area contributed by atoms with Gasteiger partial charge in [-0.15, -0.1) is 0 Å². The SMILES string of the molecule is Cc1ccc(NC(=O)CN2CCN(C(=O)N[C@@H](C)c3ccccc3C)CC2)cc1.